The van der Waals surface area contributed by atoms with Crippen LogP contribution in [0.1, 0.15) is 41.6 Å². The van der Waals surface area contributed by atoms with E-state index in [9.17, 15) is 14.4 Å². The van der Waals surface area contributed by atoms with Gasteiger partial charge < -0.3 is 10.2 Å². The highest BCUT2D eigenvalue weighted by molar-refractivity contribution is 6.39. The number of rotatable bonds is 3. The lowest BCUT2D eigenvalue weighted by Gasteiger charge is -2.32. The smallest absolute Gasteiger partial charge is 0.267 e. The van der Waals surface area contributed by atoms with Gasteiger partial charge >= 0.3 is 0 Å². The summed E-state index contributed by atoms with van der Waals surface area (Å²) >= 11 is 0. The summed E-state index contributed by atoms with van der Waals surface area (Å²) in [6, 6.07) is 7.60. The molecule has 132 valence electrons. The molecule has 0 radical (unpaired) electrons. The van der Waals surface area contributed by atoms with Crippen LogP contribution in [-0.4, -0.2) is 47.5 Å². The minimum atomic E-state index is -0.233. The van der Waals surface area contributed by atoms with E-state index in [1.807, 2.05) is 36.1 Å². The molecule has 3 rings (SSSR count). The zero-order valence-corrected chi connectivity index (χ0v) is 14.2. The standard InChI is InChI=1S/C18H22N4O3/c1-12-3-2-4-13(11-12)18(25)22-9-7-14(8-10-22)19-17(24)15-5-6-16(23)21-20-15/h2-4,11,14H,5-10H2,1H3,(H,19,24)(H,21,23). The van der Waals surface area contributed by atoms with Crippen LogP contribution in [0.25, 0.3) is 0 Å². The number of benzene rings is 1. The molecule has 1 aromatic rings. The molecule has 7 nitrogen and oxygen atoms in total. The highest BCUT2D eigenvalue weighted by Gasteiger charge is 2.26. The molecular formula is C18H22N4O3. The quantitative estimate of drug-likeness (QED) is 0.858. The van der Waals surface area contributed by atoms with Crippen LogP contribution in [0.4, 0.5) is 0 Å². The van der Waals surface area contributed by atoms with Crippen LogP contribution in [0, 0.1) is 6.92 Å². The fraction of sp³-hybridized carbons (Fsp3) is 0.444. The van der Waals surface area contributed by atoms with E-state index in [2.05, 4.69) is 15.8 Å². The molecule has 3 amide bonds. The lowest BCUT2D eigenvalue weighted by Crippen LogP contribution is -2.48. The molecule has 7 heteroatoms. The summed E-state index contributed by atoms with van der Waals surface area (Å²) in [6.45, 7) is 3.19. The molecule has 1 aromatic carbocycles. The third kappa shape index (κ3) is 4.23. The maximum Gasteiger partial charge on any atom is 0.267 e. The van der Waals surface area contributed by atoms with Gasteiger partial charge in [0, 0.05) is 37.5 Å². The summed E-state index contributed by atoms with van der Waals surface area (Å²) < 4.78 is 0. The highest BCUT2D eigenvalue weighted by Crippen LogP contribution is 2.15. The third-order valence-electron chi connectivity index (χ3n) is 4.55. The Balaban J connectivity index is 1.51. The van der Waals surface area contributed by atoms with Gasteiger partial charge in [0.2, 0.25) is 5.91 Å². The molecule has 0 unspecified atom stereocenters. The fourth-order valence-corrected chi connectivity index (χ4v) is 3.09. The third-order valence-corrected chi connectivity index (χ3v) is 4.55. The van der Waals surface area contributed by atoms with Crippen molar-refractivity contribution in [3.63, 3.8) is 0 Å². The first kappa shape index (κ1) is 17.1. The topological polar surface area (TPSA) is 90.9 Å². The maximum atomic E-state index is 12.5. The number of carbonyl (C=O) groups is 3. The first-order valence-corrected chi connectivity index (χ1v) is 8.55. The molecule has 2 heterocycles. The molecule has 25 heavy (non-hydrogen) atoms. The molecule has 0 atom stereocenters. The summed E-state index contributed by atoms with van der Waals surface area (Å²) in [5, 5.41) is 6.76. The number of likely N-dealkylation sites (tertiary alicyclic amines) is 1. The number of aryl methyl sites for hydroxylation is 1. The normalized spacial score (nSPS) is 18.4. The molecule has 2 aliphatic heterocycles. The average Bonchev–Trinajstić information content (AvgIpc) is 2.62. The van der Waals surface area contributed by atoms with Crippen molar-refractivity contribution in [3.8, 4) is 0 Å². The Morgan fingerprint density at radius 3 is 2.64 bits per heavy atom. The lowest BCUT2D eigenvalue weighted by atomic mass is 10.0. The van der Waals surface area contributed by atoms with Gasteiger partial charge in [-0.3, -0.25) is 14.4 Å². The van der Waals surface area contributed by atoms with E-state index < -0.39 is 0 Å². The second-order valence-corrected chi connectivity index (χ2v) is 6.50. The monoisotopic (exact) mass is 342 g/mol. The van der Waals surface area contributed by atoms with Crippen LogP contribution in [0.5, 0.6) is 0 Å². The summed E-state index contributed by atoms with van der Waals surface area (Å²) in [6.07, 6.45) is 2.07. The van der Waals surface area contributed by atoms with Crippen LogP contribution >= 0.6 is 0 Å². The van der Waals surface area contributed by atoms with Crippen LogP contribution < -0.4 is 10.7 Å². The number of nitrogens with one attached hydrogen (secondary N) is 2. The van der Waals surface area contributed by atoms with Gasteiger partial charge in [-0.15, -0.1) is 0 Å². The van der Waals surface area contributed by atoms with E-state index in [1.54, 1.807) is 0 Å². The van der Waals surface area contributed by atoms with Crippen molar-refractivity contribution in [2.75, 3.05) is 13.1 Å². The molecule has 1 fully saturated rings. The second kappa shape index (κ2) is 7.46. The minimum Gasteiger partial charge on any atom is -0.348 e. The number of hydrazone groups is 1. The van der Waals surface area contributed by atoms with E-state index in [1.165, 1.54) is 0 Å². The van der Waals surface area contributed by atoms with Gasteiger partial charge in [-0.05, 0) is 31.9 Å². The van der Waals surface area contributed by atoms with Crippen LogP contribution in [0.2, 0.25) is 0 Å². The van der Waals surface area contributed by atoms with Crippen molar-refractivity contribution in [1.29, 1.82) is 0 Å². The Labute approximate surface area is 146 Å². The van der Waals surface area contributed by atoms with Gasteiger partial charge in [-0.2, -0.15) is 5.10 Å². The molecule has 2 N–H and O–H groups in total. The summed E-state index contributed by atoms with van der Waals surface area (Å²) in [4.78, 5) is 37.6. The molecular weight excluding hydrogens is 320 g/mol. The molecule has 1 saturated heterocycles. The highest BCUT2D eigenvalue weighted by atomic mass is 16.2. The predicted octanol–water partition coefficient (Wildman–Crippen LogP) is 0.982. The average molecular weight is 342 g/mol. The number of nitrogens with zero attached hydrogens (tertiary/aromatic N) is 2. The maximum absolute atomic E-state index is 12.5. The SMILES string of the molecule is Cc1cccc(C(=O)N2CCC(NC(=O)C3=NNC(=O)CC3)CC2)c1. The van der Waals surface area contributed by atoms with Gasteiger partial charge in [0.15, 0.2) is 0 Å². The van der Waals surface area contributed by atoms with Gasteiger partial charge in [0.25, 0.3) is 11.8 Å². The number of amides is 3. The van der Waals surface area contributed by atoms with Gasteiger partial charge in [-0.1, -0.05) is 17.7 Å². The van der Waals surface area contributed by atoms with Gasteiger partial charge in [-0.25, -0.2) is 5.43 Å². The Morgan fingerprint density at radius 1 is 1.24 bits per heavy atom. The zero-order valence-electron chi connectivity index (χ0n) is 14.2. The van der Waals surface area contributed by atoms with Crippen molar-refractivity contribution in [2.24, 2.45) is 5.10 Å². The van der Waals surface area contributed by atoms with Crippen molar-refractivity contribution < 1.29 is 14.4 Å². The summed E-state index contributed by atoms with van der Waals surface area (Å²) in [5.74, 6) is -0.365. The Kier molecular flexibility index (Phi) is 5.11. The summed E-state index contributed by atoms with van der Waals surface area (Å²) in [5.41, 5.74) is 4.46. The molecule has 0 bridgehead atoms. The van der Waals surface area contributed by atoms with E-state index in [0.29, 0.717) is 43.6 Å². The van der Waals surface area contributed by atoms with E-state index in [4.69, 9.17) is 0 Å². The molecule has 0 saturated carbocycles. The van der Waals surface area contributed by atoms with E-state index >= 15 is 0 Å². The van der Waals surface area contributed by atoms with Crippen LogP contribution in [-0.2, 0) is 9.59 Å². The van der Waals surface area contributed by atoms with Crippen molar-refractivity contribution in [3.05, 3.63) is 35.4 Å². The van der Waals surface area contributed by atoms with Crippen molar-refractivity contribution >= 4 is 23.4 Å². The zero-order chi connectivity index (χ0) is 17.8. The first-order chi connectivity index (χ1) is 12.0. The minimum absolute atomic E-state index is 0.0226. The number of hydrogen-bond donors (Lipinski definition) is 2. The van der Waals surface area contributed by atoms with Crippen molar-refractivity contribution in [1.82, 2.24) is 15.6 Å². The lowest BCUT2D eigenvalue weighted by molar-refractivity contribution is -0.121. The largest absolute Gasteiger partial charge is 0.348 e. The van der Waals surface area contributed by atoms with Crippen LogP contribution in [0.15, 0.2) is 29.4 Å². The fourth-order valence-electron chi connectivity index (χ4n) is 3.09. The number of hydrogen-bond acceptors (Lipinski definition) is 4. The number of piperidine rings is 1. The van der Waals surface area contributed by atoms with E-state index in [0.717, 1.165) is 5.56 Å². The molecule has 2 aliphatic rings. The van der Waals surface area contributed by atoms with Gasteiger partial charge in [0.1, 0.15) is 5.71 Å². The molecule has 0 spiro atoms. The Bertz CT molecular complexity index is 721. The Hall–Kier alpha value is -2.70. The molecule has 0 aliphatic carbocycles. The first-order valence-electron chi connectivity index (χ1n) is 8.55. The van der Waals surface area contributed by atoms with Crippen LogP contribution in [0.3, 0.4) is 0 Å². The van der Waals surface area contributed by atoms with Crippen molar-refractivity contribution in [2.45, 2.75) is 38.6 Å². The summed E-state index contributed by atoms with van der Waals surface area (Å²) in [7, 11) is 0. The molecule has 0 aromatic heterocycles. The predicted molar refractivity (Wildman–Crippen MR) is 93.1 cm³/mol. The van der Waals surface area contributed by atoms with E-state index in [-0.39, 0.29) is 30.2 Å². The van der Waals surface area contributed by atoms with Gasteiger partial charge in [0.05, 0.1) is 0 Å². The second-order valence-electron chi connectivity index (χ2n) is 6.50. The Morgan fingerprint density at radius 2 is 2.00 bits per heavy atom. The number of carbonyl (C=O) groups excluding carboxylic acids is 3.